The largest absolute Gasteiger partial charge is 0.543 e. The zero-order valence-electron chi connectivity index (χ0n) is 15.6. The van der Waals surface area contributed by atoms with Crippen molar-refractivity contribution >= 4 is 32.2 Å². The van der Waals surface area contributed by atoms with Crippen molar-refractivity contribution in [2.45, 2.75) is 58.7 Å². The molecule has 0 saturated carbocycles. The van der Waals surface area contributed by atoms with Crippen molar-refractivity contribution in [3.63, 3.8) is 0 Å². The third-order valence-electron chi connectivity index (χ3n) is 4.58. The van der Waals surface area contributed by atoms with Crippen LogP contribution in [0.1, 0.15) is 48.7 Å². The maximum atomic E-state index is 12.4. The summed E-state index contributed by atoms with van der Waals surface area (Å²) >= 11 is 6.40. The fourth-order valence-corrected chi connectivity index (χ4v) is 3.36. The van der Waals surface area contributed by atoms with Crippen molar-refractivity contribution in [3.8, 4) is 5.75 Å². The van der Waals surface area contributed by atoms with E-state index >= 15 is 0 Å². The van der Waals surface area contributed by atoms with Gasteiger partial charge in [-0.1, -0.05) is 32.4 Å². The molecule has 0 fully saturated rings. The van der Waals surface area contributed by atoms with Gasteiger partial charge in [0.1, 0.15) is 17.6 Å². The molecule has 0 N–H and O–H groups in total. The third kappa shape index (κ3) is 4.39. The maximum Gasteiger partial charge on any atom is 0.341 e. The number of rotatable bonds is 6. The molecule has 0 bridgehead atoms. The molecule has 4 nitrogen and oxygen atoms in total. The molecular formula is C18H27ClO4Si. The first-order chi connectivity index (χ1) is 11.0. The Bertz CT molecular complexity index is 633. The SMILES string of the molecule is COC(=O)c1c(O[Si](C)(C)C(C)(C)C)cc(C)c(Cl)c1CCC=O. The van der Waals surface area contributed by atoms with Crippen LogP contribution >= 0.6 is 11.6 Å². The Hall–Kier alpha value is -1.33. The minimum atomic E-state index is -2.15. The topological polar surface area (TPSA) is 52.6 Å². The van der Waals surface area contributed by atoms with E-state index in [1.165, 1.54) is 7.11 Å². The molecule has 0 aromatic heterocycles. The van der Waals surface area contributed by atoms with E-state index in [1.807, 2.05) is 6.92 Å². The Kier molecular flexibility index (Phi) is 6.65. The van der Waals surface area contributed by atoms with Crippen LogP contribution in [0.15, 0.2) is 6.07 Å². The van der Waals surface area contributed by atoms with Gasteiger partial charge in [-0.05, 0) is 48.7 Å². The highest BCUT2D eigenvalue weighted by Gasteiger charge is 2.40. The van der Waals surface area contributed by atoms with Crippen LogP contribution in [0, 0.1) is 6.92 Å². The van der Waals surface area contributed by atoms with Crippen LogP contribution in [-0.2, 0) is 16.0 Å². The number of aldehydes is 1. The summed E-state index contributed by atoms with van der Waals surface area (Å²) in [5, 5.41) is 0.469. The van der Waals surface area contributed by atoms with Crippen molar-refractivity contribution in [3.05, 3.63) is 27.8 Å². The van der Waals surface area contributed by atoms with E-state index in [1.54, 1.807) is 6.07 Å². The van der Waals surface area contributed by atoms with Crippen LogP contribution in [0.3, 0.4) is 0 Å². The molecule has 1 aromatic carbocycles. The molecule has 0 spiro atoms. The molecular weight excluding hydrogens is 344 g/mol. The predicted octanol–water partition coefficient (Wildman–Crippen LogP) is 4.95. The Morgan fingerprint density at radius 3 is 2.38 bits per heavy atom. The molecule has 0 saturated heterocycles. The maximum absolute atomic E-state index is 12.4. The van der Waals surface area contributed by atoms with Gasteiger partial charge in [-0.15, -0.1) is 0 Å². The number of aryl methyl sites for hydroxylation is 1. The van der Waals surface area contributed by atoms with Gasteiger partial charge in [0.25, 0.3) is 8.32 Å². The first-order valence-electron chi connectivity index (χ1n) is 7.99. The van der Waals surface area contributed by atoms with E-state index in [9.17, 15) is 9.59 Å². The predicted molar refractivity (Wildman–Crippen MR) is 99.7 cm³/mol. The van der Waals surface area contributed by atoms with Gasteiger partial charge in [-0.2, -0.15) is 0 Å². The van der Waals surface area contributed by atoms with Crippen molar-refractivity contribution in [2.75, 3.05) is 7.11 Å². The lowest BCUT2D eigenvalue weighted by molar-refractivity contribution is -0.107. The number of hydrogen-bond donors (Lipinski definition) is 0. The summed E-state index contributed by atoms with van der Waals surface area (Å²) < 4.78 is 11.3. The standard InChI is InChI=1S/C18H27ClO4Si/c1-12-11-14(23-24(6,7)18(2,3)4)15(17(21)22-5)13(16(12)19)9-8-10-20/h10-11H,8-9H2,1-7H3. The monoisotopic (exact) mass is 370 g/mol. The average molecular weight is 371 g/mol. The van der Waals surface area contributed by atoms with Crippen molar-refractivity contribution in [1.29, 1.82) is 0 Å². The van der Waals surface area contributed by atoms with Crippen LogP contribution in [0.5, 0.6) is 5.75 Å². The molecule has 134 valence electrons. The van der Waals surface area contributed by atoms with Crippen molar-refractivity contribution < 1.29 is 18.8 Å². The van der Waals surface area contributed by atoms with Gasteiger partial charge in [-0.25, -0.2) is 4.79 Å². The van der Waals surface area contributed by atoms with Gasteiger partial charge < -0.3 is 14.0 Å². The fourth-order valence-electron chi connectivity index (χ4n) is 2.10. The number of benzene rings is 1. The summed E-state index contributed by atoms with van der Waals surface area (Å²) in [6.45, 7) is 12.5. The summed E-state index contributed by atoms with van der Waals surface area (Å²) in [6.07, 6.45) is 1.48. The lowest BCUT2D eigenvalue weighted by atomic mass is 9.99. The first kappa shape index (κ1) is 20.7. The Morgan fingerprint density at radius 2 is 1.92 bits per heavy atom. The lowest BCUT2D eigenvalue weighted by Gasteiger charge is -2.37. The van der Waals surface area contributed by atoms with Crippen LogP contribution in [-0.4, -0.2) is 27.7 Å². The molecule has 0 unspecified atom stereocenters. The molecule has 0 atom stereocenters. The van der Waals surface area contributed by atoms with Crippen molar-refractivity contribution in [1.82, 2.24) is 0 Å². The van der Waals surface area contributed by atoms with E-state index in [4.69, 9.17) is 20.8 Å². The highest BCUT2D eigenvalue weighted by molar-refractivity contribution is 6.74. The summed E-state index contributed by atoms with van der Waals surface area (Å²) in [4.78, 5) is 23.2. The number of halogens is 1. The number of carbonyl (C=O) groups is 2. The number of hydrogen-bond acceptors (Lipinski definition) is 4. The molecule has 0 radical (unpaired) electrons. The molecule has 0 aliphatic heterocycles. The molecule has 0 heterocycles. The highest BCUT2D eigenvalue weighted by atomic mass is 35.5. The average Bonchev–Trinajstić information content (AvgIpc) is 2.47. The number of methoxy groups -OCH3 is 1. The zero-order chi connectivity index (χ0) is 18.7. The third-order valence-corrected chi connectivity index (χ3v) is 9.45. The zero-order valence-corrected chi connectivity index (χ0v) is 17.3. The van der Waals surface area contributed by atoms with Gasteiger partial charge >= 0.3 is 5.97 Å². The minimum Gasteiger partial charge on any atom is -0.543 e. The van der Waals surface area contributed by atoms with Gasteiger partial charge in [0.15, 0.2) is 0 Å². The number of ether oxygens (including phenoxy) is 1. The molecule has 6 heteroatoms. The van der Waals surface area contributed by atoms with Crippen LogP contribution in [0.25, 0.3) is 0 Å². The summed E-state index contributed by atoms with van der Waals surface area (Å²) in [5.74, 6) is 0.00255. The van der Waals surface area contributed by atoms with Crippen molar-refractivity contribution in [2.24, 2.45) is 0 Å². The molecule has 24 heavy (non-hydrogen) atoms. The smallest absolute Gasteiger partial charge is 0.341 e. The van der Waals surface area contributed by atoms with E-state index in [0.717, 1.165) is 11.8 Å². The first-order valence-corrected chi connectivity index (χ1v) is 11.3. The molecule has 0 amide bonds. The summed E-state index contributed by atoms with van der Waals surface area (Å²) in [5.41, 5.74) is 1.77. The Labute approximate surface area is 150 Å². The highest BCUT2D eigenvalue weighted by Crippen LogP contribution is 2.41. The molecule has 1 rings (SSSR count). The normalized spacial score (nSPS) is 12.0. The van der Waals surface area contributed by atoms with Gasteiger partial charge in [-0.3, -0.25) is 0 Å². The summed E-state index contributed by atoms with van der Waals surface area (Å²) in [7, 11) is -0.822. The van der Waals surface area contributed by atoms with Gasteiger partial charge in [0.2, 0.25) is 0 Å². The molecule has 1 aromatic rings. The molecule has 0 aliphatic rings. The minimum absolute atomic E-state index is 0.0170. The Balaban J connectivity index is 3.56. The van der Waals surface area contributed by atoms with Gasteiger partial charge in [0.05, 0.1) is 7.11 Å². The summed E-state index contributed by atoms with van der Waals surface area (Å²) in [6, 6.07) is 1.79. The fraction of sp³-hybridized carbons (Fsp3) is 0.556. The quantitative estimate of drug-likeness (QED) is 0.404. The second-order valence-electron chi connectivity index (χ2n) is 7.42. The van der Waals surface area contributed by atoms with Gasteiger partial charge in [0, 0.05) is 11.4 Å². The number of carbonyl (C=O) groups excluding carboxylic acids is 2. The van der Waals surface area contributed by atoms with Crippen LogP contribution in [0.4, 0.5) is 0 Å². The number of esters is 1. The van der Waals surface area contributed by atoms with E-state index in [-0.39, 0.29) is 11.5 Å². The van der Waals surface area contributed by atoms with E-state index in [2.05, 4.69) is 33.9 Å². The second kappa shape index (κ2) is 7.70. The van der Waals surface area contributed by atoms with E-state index < -0.39 is 14.3 Å². The molecule has 0 aliphatic carbocycles. The van der Waals surface area contributed by atoms with Crippen LogP contribution < -0.4 is 4.43 Å². The second-order valence-corrected chi connectivity index (χ2v) is 12.5. The van der Waals surface area contributed by atoms with E-state index in [0.29, 0.717) is 28.3 Å². The Morgan fingerprint density at radius 1 is 1.33 bits per heavy atom. The van der Waals surface area contributed by atoms with Crippen LogP contribution in [0.2, 0.25) is 23.2 Å². The lowest BCUT2D eigenvalue weighted by Crippen LogP contribution is -2.44.